The molecular formula is C13H21N3OS2. The monoisotopic (exact) mass is 299 g/mol. The second-order valence-electron chi connectivity index (χ2n) is 4.91. The average Bonchev–Trinajstić information content (AvgIpc) is 3.13. The summed E-state index contributed by atoms with van der Waals surface area (Å²) >= 11 is 3.05. The molecule has 0 saturated heterocycles. The molecule has 0 aromatic carbocycles. The van der Waals surface area contributed by atoms with Crippen molar-refractivity contribution in [2.75, 3.05) is 17.3 Å². The van der Waals surface area contributed by atoms with E-state index in [-0.39, 0.29) is 5.91 Å². The van der Waals surface area contributed by atoms with Gasteiger partial charge in [-0.1, -0.05) is 6.92 Å². The molecule has 106 valence electrons. The van der Waals surface area contributed by atoms with Crippen molar-refractivity contribution < 1.29 is 4.79 Å². The van der Waals surface area contributed by atoms with E-state index in [0.29, 0.717) is 22.6 Å². The third kappa shape index (κ3) is 3.36. The highest BCUT2D eigenvalue weighted by atomic mass is 32.2. The summed E-state index contributed by atoms with van der Waals surface area (Å²) in [6, 6.07) is 0.737. The Labute approximate surface area is 122 Å². The normalized spacial score (nSPS) is 16.2. The Kier molecular flexibility index (Phi) is 4.62. The van der Waals surface area contributed by atoms with Crippen molar-refractivity contribution in [2.24, 2.45) is 0 Å². The SMILES string of the molecule is CCC(C)Nc1sc(C(=O)NC2CC2)c(N)c1SC. The van der Waals surface area contributed by atoms with Crippen LogP contribution in [0.5, 0.6) is 0 Å². The second-order valence-corrected chi connectivity index (χ2v) is 6.75. The van der Waals surface area contributed by atoms with Crippen molar-refractivity contribution in [3.63, 3.8) is 0 Å². The first-order valence-electron chi connectivity index (χ1n) is 6.60. The van der Waals surface area contributed by atoms with Gasteiger partial charge in [-0.3, -0.25) is 4.79 Å². The standard InChI is InChI=1S/C13H21N3OS2/c1-4-7(2)15-13-11(18-3)9(14)10(19-13)12(17)16-8-5-6-8/h7-8,15H,4-6,14H2,1-3H3,(H,16,17). The summed E-state index contributed by atoms with van der Waals surface area (Å²) in [7, 11) is 0. The Hall–Kier alpha value is -0.880. The van der Waals surface area contributed by atoms with E-state index in [1.165, 1.54) is 11.3 Å². The smallest absolute Gasteiger partial charge is 0.263 e. The first-order chi connectivity index (χ1) is 9.06. The summed E-state index contributed by atoms with van der Waals surface area (Å²) in [5.41, 5.74) is 6.73. The van der Waals surface area contributed by atoms with Crippen LogP contribution in [0.2, 0.25) is 0 Å². The van der Waals surface area contributed by atoms with Gasteiger partial charge < -0.3 is 16.4 Å². The zero-order valence-corrected chi connectivity index (χ0v) is 13.2. The molecule has 2 rings (SSSR count). The molecule has 1 unspecified atom stereocenters. The topological polar surface area (TPSA) is 67.2 Å². The minimum absolute atomic E-state index is 0.0301. The van der Waals surface area contributed by atoms with Crippen molar-refractivity contribution in [3.8, 4) is 0 Å². The van der Waals surface area contributed by atoms with E-state index in [4.69, 9.17) is 5.73 Å². The van der Waals surface area contributed by atoms with E-state index in [1.807, 2.05) is 6.26 Å². The molecular weight excluding hydrogens is 278 g/mol. The number of anilines is 2. The lowest BCUT2D eigenvalue weighted by molar-refractivity contribution is 0.0956. The predicted molar refractivity (Wildman–Crippen MR) is 84.4 cm³/mol. The fourth-order valence-corrected chi connectivity index (χ4v) is 3.74. The summed E-state index contributed by atoms with van der Waals surface area (Å²) in [6.45, 7) is 4.26. The number of thiophene rings is 1. The minimum Gasteiger partial charge on any atom is -0.396 e. The van der Waals surface area contributed by atoms with Gasteiger partial charge in [-0.2, -0.15) is 0 Å². The van der Waals surface area contributed by atoms with Gasteiger partial charge in [0.05, 0.1) is 10.6 Å². The van der Waals surface area contributed by atoms with Gasteiger partial charge in [0.25, 0.3) is 5.91 Å². The molecule has 0 radical (unpaired) electrons. The highest BCUT2D eigenvalue weighted by molar-refractivity contribution is 7.99. The lowest BCUT2D eigenvalue weighted by Gasteiger charge is -2.12. The molecule has 4 nitrogen and oxygen atoms in total. The molecule has 1 saturated carbocycles. The van der Waals surface area contributed by atoms with Gasteiger partial charge in [0, 0.05) is 12.1 Å². The average molecular weight is 299 g/mol. The molecule has 0 spiro atoms. The highest BCUT2D eigenvalue weighted by Gasteiger charge is 2.27. The number of hydrogen-bond donors (Lipinski definition) is 3. The maximum atomic E-state index is 12.1. The molecule has 4 N–H and O–H groups in total. The van der Waals surface area contributed by atoms with Crippen LogP contribution in [-0.2, 0) is 0 Å². The van der Waals surface area contributed by atoms with Crippen LogP contribution in [0, 0.1) is 0 Å². The highest BCUT2D eigenvalue weighted by Crippen LogP contribution is 2.42. The molecule has 6 heteroatoms. The first kappa shape index (κ1) is 14.5. The van der Waals surface area contributed by atoms with Crippen LogP contribution in [0.25, 0.3) is 0 Å². The van der Waals surface area contributed by atoms with Crippen LogP contribution in [0.3, 0.4) is 0 Å². The number of nitrogen functional groups attached to an aromatic ring is 1. The number of carbonyl (C=O) groups is 1. The summed E-state index contributed by atoms with van der Waals surface area (Å²) in [6.07, 6.45) is 5.20. The van der Waals surface area contributed by atoms with E-state index in [2.05, 4.69) is 24.5 Å². The molecule has 19 heavy (non-hydrogen) atoms. The Morgan fingerprint density at radius 2 is 2.26 bits per heavy atom. The number of carbonyl (C=O) groups excluding carboxylic acids is 1. The fraction of sp³-hybridized carbons (Fsp3) is 0.615. The molecule has 1 aliphatic carbocycles. The van der Waals surface area contributed by atoms with Gasteiger partial charge in [0.2, 0.25) is 0 Å². The van der Waals surface area contributed by atoms with Crippen molar-refractivity contribution in [1.29, 1.82) is 0 Å². The number of thioether (sulfide) groups is 1. The number of hydrogen-bond acceptors (Lipinski definition) is 5. The zero-order chi connectivity index (χ0) is 14.0. The Bertz CT molecular complexity index is 469. The van der Waals surface area contributed by atoms with Crippen LogP contribution >= 0.6 is 23.1 Å². The summed E-state index contributed by atoms with van der Waals surface area (Å²) in [4.78, 5) is 13.8. The van der Waals surface area contributed by atoms with Gasteiger partial charge >= 0.3 is 0 Å². The van der Waals surface area contributed by atoms with E-state index in [9.17, 15) is 4.79 Å². The Morgan fingerprint density at radius 3 is 2.79 bits per heavy atom. The largest absolute Gasteiger partial charge is 0.396 e. The van der Waals surface area contributed by atoms with Crippen LogP contribution in [0.4, 0.5) is 10.7 Å². The van der Waals surface area contributed by atoms with Gasteiger partial charge in [-0.15, -0.1) is 23.1 Å². The lowest BCUT2D eigenvalue weighted by Crippen LogP contribution is -2.25. The van der Waals surface area contributed by atoms with E-state index < -0.39 is 0 Å². The van der Waals surface area contributed by atoms with E-state index in [0.717, 1.165) is 29.2 Å². The molecule has 0 bridgehead atoms. The van der Waals surface area contributed by atoms with Gasteiger partial charge in [0.15, 0.2) is 0 Å². The predicted octanol–water partition coefficient (Wildman–Crippen LogP) is 3.15. The van der Waals surface area contributed by atoms with Crippen LogP contribution in [0.15, 0.2) is 4.90 Å². The van der Waals surface area contributed by atoms with Crippen LogP contribution in [0.1, 0.15) is 42.8 Å². The Morgan fingerprint density at radius 1 is 1.58 bits per heavy atom. The van der Waals surface area contributed by atoms with Crippen molar-refractivity contribution >= 4 is 39.7 Å². The van der Waals surface area contributed by atoms with Gasteiger partial charge in [-0.25, -0.2) is 0 Å². The number of nitrogens with two attached hydrogens (primary N) is 1. The molecule has 1 aromatic heterocycles. The zero-order valence-electron chi connectivity index (χ0n) is 11.6. The second kappa shape index (κ2) is 6.05. The summed E-state index contributed by atoms with van der Waals surface area (Å²) in [5.74, 6) is -0.0301. The molecule has 1 aliphatic rings. The number of nitrogens with one attached hydrogen (secondary N) is 2. The quantitative estimate of drug-likeness (QED) is 0.706. The van der Waals surface area contributed by atoms with Crippen molar-refractivity contribution in [2.45, 2.75) is 50.1 Å². The van der Waals surface area contributed by atoms with Gasteiger partial charge in [0.1, 0.15) is 9.88 Å². The maximum absolute atomic E-state index is 12.1. The Balaban J connectivity index is 2.21. The molecule has 1 fully saturated rings. The van der Waals surface area contributed by atoms with E-state index >= 15 is 0 Å². The maximum Gasteiger partial charge on any atom is 0.263 e. The molecule has 1 atom stereocenters. The van der Waals surface area contributed by atoms with Gasteiger partial charge in [-0.05, 0) is 32.4 Å². The van der Waals surface area contributed by atoms with Crippen LogP contribution < -0.4 is 16.4 Å². The fourth-order valence-electron chi connectivity index (χ4n) is 1.70. The first-order valence-corrected chi connectivity index (χ1v) is 8.64. The third-order valence-electron chi connectivity index (χ3n) is 3.21. The third-order valence-corrected chi connectivity index (χ3v) is 5.31. The minimum atomic E-state index is -0.0301. The number of rotatable bonds is 6. The summed E-state index contributed by atoms with van der Waals surface area (Å²) in [5, 5.41) is 7.45. The van der Waals surface area contributed by atoms with Crippen molar-refractivity contribution in [1.82, 2.24) is 5.32 Å². The molecule has 1 aromatic rings. The van der Waals surface area contributed by atoms with Crippen LogP contribution in [-0.4, -0.2) is 24.2 Å². The lowest BCUT2D eigenvalue weighted by atomic mass is 10.2. The van der Waals surface area contributed by atoms with Crippen molar-refractivity contribution in [3.05, 3.63) is 4.88 Å². The molecule has 0 aliphatic heterocycles. The molecule has 1 heterocycles. The summed E-state index contributed by atoms with van der Waals surface area (Å²) < 4.78 is 0. The van der Waals surface area contributed by atoms with E-state index in [1.54, 1.807) is 11.8 Å². The molecule has 1 amide bonds. The number of amides is 1.